The number of nitrogens with zero attached hydrogens (tertiary/aromatic N) is 2. The van der Waals surface area contributed by atoms with E-state index in [1.54, 1.807) is 13.3 Å². The van der Waals surface area contributed by atoms with E-state index in [-0.39, 0.29) is 5.92 Å². The van der Waals surface area contributed by atoms with Crippen LogP contribution in [0.15, 0.2) is 54.7 Å². The van der Waals surface area contributed by atoms with Crippen LogP contribution in [-0.2, 0) is 4.79 Å². The number of aliphatic hydroxyl groups excluding tert-OH is 1. The van der Waals surface area contributed by atoms with Crippen LogP contribution in [0.5, 0.6) is 5.75 Å². The van der Waals surface area contributed by atoms with Gasteiger partial charge in [-0.3, -0.25) is 14.7 Å². The van der Waals surface area contributed by atoms with Crippen molar-refractivity contribution in [3.63, 3.8) is 0 Å². The van der Waals surface area contributed by atoms with Gasteiger partial charge in [0.1, 0.15) is 5.75 Å². The van der Waals surface area contributed by atoms with Crippen molar-refractivity contribution >= 4 is 16.9 Å². The number of pyridine rings is 1. The van der Waals surface area contributed by atoms with Gasteiger partial charge in [0.2, 0.25) is 0 Å². The van der Waals surface area contributed by atoms with Crippen molar-refractivity contribution in [2.75, 3.05) is 26.7 Å². The number of carboxylic acids is 1. The average Bonchev–Trinajstić information content (AvgIpc) is 2.88. The van der Waals surface area contributed by atoms with Crippen LogP contribution >= 0.6 is 0 Å². The number of aliphatic carboxylic acids is 1. The Hall–Kier alpha value is -3.40. The molecule has 4 rings (SSSR count). The summed E-state index contributed by atoms with van der Waals surface area (Å²) in [6.45, 7) is 3.89. The van der Waals surface area contributed by atoms with E-state index >= 15 is 0 Å². The van der Waals surface area contributed by atoms with Crippen molar-refractivity contribution in [3.05, 3.63) is 71.4 Å². The molecule has 182 valence electrons. The Morgan fingerprint density at radius 1 is 1.23 bits per heavy atom. The minimum absolute atomic E-state index is 0.0195. The van der Waals surface area contributed by atoms with E-state index in [1.807, 2.05) is 55.5 Å². The summed E-state index contributed by atoms with van der Waals surface area (Å²) in [6, 6.07) is 15.5. The number of aliphatic hydroxyl groups is 1. The molecule has 1 saturated heterocycles. The lowest BCUT2D eigenvalue weighted by Crippen LogP contribution is -2.44. The van der Waals surface area contributed by atoms with Crippen LogP contribution in [0.4, 0.5) is 0 Å². The quantitative estimate of drug-likeness (QED) is 0.495. The molecule has 2 aromatic carbocycles. The molecule has 1 fully saturated rings. The molecule has 0 amide bonds. The minimum atomic E-state index is -0.778. The van der Waals surface area contributed by atoms with Gasteiger partial charge in [0.25, 0.3) is 0 Å². The van der Waals surface area contributed by atoms with Crippen molar-refractivity contribution in [3.8, 4) is 17.6 Å². The van der Waals surface area contributed by atoms with Crippen molar-refractivity contribution < 1.29 is 19.7 Å². The highest BCUT2D eigenvalue weighted by Gasteiger charge is 2.34. The lowest BCUT2D eigenvalue weighted by molar-refractivity contribution is -0.146. The van der Waals surface area contributed by atoms with Gasteiger partial charge in [-0.1, -0.05) is 29.5 Å². The van der Waals surface area contributed by atoms with E-state index in [0.717, 1.165) is 35.0 Å². The Morgan fingerprint density at radius 2 is 2.03 bits per heavy atom. The molecule has 3 atom stereocenters. The van der Waals surface area contributed by atoms with Crippen molar-refractivity contribution in [1.82, 2.24) is 9.88 Å². The summed E-state index contributed by atoms with van der Waals surface area (Å²) in [5, 5.41) is 21.7. The number of benzene rings is 2. The summed E-state index contributed by atoms with van der Waals surface area (Å²) in [5.74, 6) is 5.85. The normalized spacial score (nSPS) is 19.1. The van der Waals surface area contributed by atoms with Crippen LogP contribution in [0.1, 0.15) is 42.1 Å². The number of piperidine rings is 1. The number of carbonyl (C=O) groups is 1. The number of ether oxygens (including phenoxy) is 1. The number of aromatic nitrogens is 1. The Morgan fingerprint density at radius 3 is 2.77 bits per heavy atom. The maximum Gasteiger partial charge on any atom is 0.308 e. The highest BCUT2D eigenvalue weighted by molar-refractivity contribution is 5.83. The van der Waals surface area contributed by atoms with Gasteiger partial charge in [0.15, 0.2) is 0 Å². The molecule has 1 aliphatic heterocycles. The molecule has 0 radical (unpaired) electrons. The first kappa shape index (κ1) is 24.7. The van der Waals surface area contributed by atoms with Crippen LogP contribution in [0.25, 0.3) is 10.9 Å². The van der Waals surface area contributed by atoms with Gasteiger partial charge in [-0.15, -0.1) is 0 Å². The molecule has 3 aromatic rings. The van der Waals surface area contributed by atoms with Gasteiger partial charge in [-0.05, 0) is 80.6 Å². The molecule has 2 heterocycles. The van der Waals surface area contributed by atoms with Gasteiger partial charge in [-0.25, -0.2) is 0 Å². The van der Waals surface area contributed by atoms with E-state index < -0.39 is 18.0 Å². The second-order valence-electron chi connectivity index (χ2n) is 9.27. The van der Waals surface area contributed by atoms with Gasteiger partial charge in [0, 0.05) is 23.7 Å². The second kappa shape index (κ2) is 11.4. The van der Waals surface area contributed by atoms with Crippen molar-refractivity contribution in [1.29, 1.82) is 0 Å². The molecular formula is C29H32N2O4. The Balaban J connectivity index is 1.37. The van der Waals surface area contributed by atoms with E-state index in [4.69, 9.17) is 4.74 Å². The van der Waals surface area contributed by atoms with Crippen molar-refractivity contribution in [2.45, 2.75) is 32.3 Å². The van der Waals surface area contributed by atoms with Crippen molar-refractivity contribution in [2.24, 2.45) is 11.8 Å². The van der Waals surface area contributed by atoms with E-state index in [9.17, 15) is 15.0 Å². The molecule has 0 bridgehead atoms. The third-order valence-corrected chi connectivity index (χ3v) is 6.90. The minimum Gasteiger partial charge on any atom is -0.497 e. The average molecular weight is 473 g/mol. The molecular weight excluding hydrogens is 440 g/mol. The number of aryl methyl sites for hydroxylation is 1. The first-order valence-electron chi connectivity index (χ1n) is 12.1. The summed E-state index contributed by atoms with van der Waals surface area (Å²) in [4.78, 5) is 18.6. The maximum atomic E-state index is 12.1. The van der Waals surface area contributed by atoms with Crippen LogP contribution in [0.2, 0.25) is 0 Å². The summed E-state index contributed by atoms with van der Waals surface area (Å²) >= 11 is 0. The zero-order valence-corrected chi connectivity index (χ0v) is 20.3. The standard InChI is InChI=1S/C29H32N2O4/c1-20-5-7-21(8-6-20)4-3-16-31-17-14-22(26(19-31)29(33)34)9-12-28(32)24-13-15-30-27-11-10-23(35-2)18-25(24)27/h5-8,10-11,13,15,18,22,26,28,32H,9,12,14,16-17,19H2,1-2H3,(H,33,34)/t22-,26+,28-/m1/s1. The molecule has 0 spiro atoms. The van der Waals surface area contributed by atoms with Gasteiger partial charge >= 0.3 is 5.97 Å². The number of methoxy groups -OCH3 is 1. The first-order chi connectivity index (χ1) is 16.9. The summed E-state index contributed by atoms with van der Waals surface area (Å²) < 4.78 is 5.33. The fourth-order valence-corrected chi connectivity index (χ4v) is 4.82. The lowest BCUT2D eigenvalue weighted by Gasteiger charge is -2.36. The fraction of sp³-hybridized carbons (Fsp3) is 0.379. The molecule has 2 N–H and O–H groups in total. The molecule has 0 unspecified atom stereocenters. The predicted octanol–water partition coefficient (Wildman–Crippen LogP) is 4.44. The van der Waals surface area contributed by atoms with Gasteiger partial charge < -0.3 is 14.9 Å². The summed E-state index contributed by atoms with van der Waals surface area (Å²) in [7, 11) is 1.61. The molecule has 0 aliphatic carbocycles. The molecule has 1 aromatic heterocycles. The molecule has 6 nitrogen and oxygen atoms in total. The number of likely N-dealkylation sites (tertiary alicyclic amines) is 1. The monoisotopic (exact) mass is 472 g/mol. The van der Waals surface area contributed by atoms with Crippen LogP contribution in [0, 0.1) is 30.6 Å². The smallest absolute Gasteiger partial charge is 0.308 e. The molecule has 35 heavy (non-hydrogen) atoms. The largest absolute Gasteiger partial charge is 0.497 e. The molecule has 6 heteroatoms. The number of hydrogen-bond donors (Lipinski definition) is 2. The summed E-state index contributed by atoms with van der Waals surface area (Å²) in [6.07, 6.45) is 2.93. The van der Waals surface area contributed by atoms with Crippen LogP contribution in [0.3, 0.4) is 0 Å². The van der Waals surface area contributed by atoms with E-state index in [0.29, 0.717) is 31.7 Å². The zero-order chi connectivity index (χ0) is 24.8. The third kappa shape index (κ3) is 6.19. The lowest BCUT2D eigenvalue weighted by atomic mass is 9.81. The topological polar surface area (TPSA) is 82.9 Å². The number of fused-ring (bicyclic) bond motifs is 1. The second-order valence-corrected chi connectivity index (χ2v) is 9.27. The predicted molar refractivity (Wildman–Crippen MR) is 136 cm³/mol. The third-order valence-electron chi connectivity index (χ3n) is 6.90. The van der Waals surface area contributed by atoms with Gasteiger partial charge in [0.05, 0.1) is 31.2 Å². The van der Waals surface area contributed by atoms with Crippen LogP contribution in [-0.4, -0.2) is 52.8 Å². The Bertz CT molecular complexity index is 1230. The number of hydrogen-bond acceptors (Lipinski definition) is 5. The summed E-state index contributed by atoms with van der Waals surface area (Å²) in [5.41, 5.74) is 3.76. The highest BCUT2D eigenvalue weighted by atomic mass is 16.5. The first-order valence-corrected chi connectivity index (χ1v) is 12.1. The number of rotatable bonds is 7. The van der Waals surface area contributed by atoms with Crippen LogP contribution < -0.4 is 4.74 Å². The number of carboxylic acid groups (broad SMARTS) is 1. The fourth-order valence-electron chi connectivity index (χ4n) is 4.82. The van der Waals surface area contributed by atoms with E-state index in [2.05, 4.69) is 21.7 Å². The van der Waals surface area contributed by atoms with E-state index in [1.165, 1.54) is 5.56 Å². The maximum absolute atomic E-state index is 12.1. The molecule has 1 aliphatic rings. The Kier molecular flexibility index (Phi) is 8.02. The highest BCUT2D eigenvalue weighted by Crippen LogP contribution is 2.33. The zero-order valence-electron chi connectivity index (χ0n) is 20.3. The Labute approximate surface area is 206 Å². The van der Waals surface area contributed by atoms with Gasteiger partial charge in [-0.2, -0.15) is 0 Å². The molecule has 0 saturated carbocycles. The SMILES string of the molecule is COc1ccc2nccc([C@H](O)CC[C@@H]3CCN(CC#Cc4ccc(C)cc4)C[C@@H]3C(=O)O)c2c1.